The van der Waals surface area contributed by atoms with Crippen molar-refractivity contribution < 1.29 is 18.3 Å². The second-order valence-electron chi connectivity index (χ2n) is 5.97. The topological polar surface area (TPSA) is 58.3 Å². The van der Waals surface area contributed by atoms with Gasteiger partial charge in [0.1, 0.15) is 0 Å². The minimum absolute atomic E-state index is 0.158. The highest BCUT2D eigenvalue weighted by Crippen LogP contribution is 2.39. The van der Waals surface area contributed by atoms with Crippen LogP contribution in [0.1, 0.15) is 37.8 Å². The molecule has 0 amide bonds. The van der Waals surface area contributed by atoms with Crippen molar-refractivity contribution in [1.82, 2.24) is 5.32 Å². The van der Waals surface area contributed by atoms with Gasteiger partial charge in [0.05, 0.1) is 22.9 Å². The molecule has 1 aromatic rings. The van der Waals surface area contributed by atoms with Gasteiger partial charge >= 0.3 is 6.18 Å². The summed E-state index contributed by atoms with van der Waals surface area (Å²) in [7, 11) is 0. The molecule has 1 atom stereocenters. The van der Waals surface area contributed by atoms with Crippen LogP contribution in [0.5, 0.6) is 0 Å². The number of anilines is 1. The van der Waals surface area contributed by atoms with Gasteiger partial charge in [-0.3, -0.25) is 0 Å². The molecule has 3 nitrogen and oxygen atoms in total. The molecule has 120 valence electrons. The number of rotatable bonds is 4. The maximum atomic E-state index is 12.9. The first kappa shape index (κ1) is 18.1. The Bertz CT molecular complexity index is 498. The Morgan fingerprint density at radius 2 is 1.86 bits per heavy atom. The first-order valence-electron chi connectivity index (χ1n) is 6.47. The normalized spacial score (nSPS) is 14.3. The summed E-state index contributed by atoms with van der Waals surface area (Å²) in [5.41, 5.74) is 4.02. The summed E-state index contributed by atoms with van der Waals surface area (Å²) in [5, 5.41) is 12.4. The standard InChI is InChI=1S/C14H20ClF3N2O/c1-13(2,3)20-6-9(7-21)8-4-10(14(16,17)18)12(19)11(15)5-8/h4-5,9,20-21H,6-7,19H2,1-3H3. The lowest BCUT2D eigenvalue weighted by molar-refractivity contribution is -0.137. The van der Waals surface area contributed by atoms with E-state index in [1.165, 1.54) is 6.07 Å². The van der Waals surface area contributed by atoms with Crippen LogP contribution < -0.4 is 11.1 Å². The van der Waals surface area contributed by atoms with Gasteiger partial charge in [0.25, 0.3) is 0 Å². The average molecular weight is 325 g/mol. The molecule has 7 heteroatoms. The zero-order chi connectivity index (χ0) is 16.4. The van der Waals surface area contributed by atoms with E-state index in [2.05, 4.69) is 5.32 Å². The van der Waals surface area contributed by atoms with Crippen LogP contribution in [0, 0.1) is 0 Å². The summed E-state index contributed by atoms with van der Waals surface area (Å²) in [6.07, 6.45) is -4.58. The lowest BCUT2D eigenvalue weighted by Crippen LogP contribution is -2.39. The molecule has 21 heavy (non-hydrogen) atoms. The van der Waals surface area contributed by atoms with Crippen LogP contribution >= 0.6 is 11.6 Å². The molecule has 0 spiro atoms. The number of aliphatic hydroxyl groups excluding tert-OH is 1. The van der Waals surface area contributed by atoms with E-state index in [1.807, 2.05) is 20.8 Å². The molecular weight excluding hydrogens is 305 g/mol. The summed E-state index contributed by atoms with van der Waals surface area (Å²) < 4.78 is 38.8. The van der Waals surface area contributed by atoms with Crippen molar-refractivity contribution in [2.45, 2.75) is 38.4 Å². The van der Waals surface area contributed by atoms with E-state index in [0.717, 1.165) is 6.07 Å². The largest absolute Gasteiger partial charge is 0.418 e. The minimum Gasteiger partial charge on any atom is -0.397 e. The van der Waals surface area contributed by atoms with E-state index >= 15 is 0 Å². The van der Waals surface area contributed by atoms with Crippen molar-refractivity contribution >= 4 is 17.3 Å². The fraction of sp³-hybridized carbons (Fsp3) is 0.571. The van der Waals surface area contributed by atoms with Crippen molar-refractivity contribution in [3.8, 4) is 0 Å². The summed E-state index contributed by atoms with van der Waals surface area (Å²) in [5.74, 6) is -0.497. The van der Waals surface area contributed by atoms with Crippen molar-refractivity contribution in [3.63, 3.8) is 0 Å². The zero-order valence-corrected chi connectivity index (χ0v) is 12.9. The van der Waals surface area contributed by atoms with E-state index < -0.39 is 23.3 Å². The second kappa shape index (κ2) is 6.42. The van der Waals surface area contributed by atoms with Crippen LogP contribution in [0.15, 0.2) is 12.1 Å². The Morgan fingerprint density at radius 3 is 2.29 bits per heavy atom. The highest BCUT2D eigenvalue weighted by atomic mass is 35.5. The van der Waals surface area contributed by atoms with Gasteiger partial charge in [-0.15, -0.1) is 0 Å². The van der Waals surface area contributed by atoms with Crippen molar-refractivity contribution in [2.24, 2.45) is 0 Å². The molecule has 0 fully saturated rings. The van der Waals surface area contributed by atoms with Gasteiger partial charge < -0.3 is 16.2 Å². The number of hydrogen-bond acceptors (Lipinski definition) is 3. The fourth-order valence-electron chi connectivity index (χ4n) is 1.83. The van der Waals surface area contributed by atoms with Crippen LogP contribution in [-0.2, 0) is 6.18 Å². The molecule has 0 aromatic heterocycles. The molecule has 1 aromatic carbocycles. The van der Waals surface area contributed by atoms with E-state index in [1.54, 1.807) is 0 Å². The molecule has 0 aliphatic heterocycles. The molecule has 1 unspecified atom stereocenters. The third-order valence-corrected chi connectivity index (χ3v) is 3.34. The van der Waals surface area contributed by atoms with Crippen LogP contribution in [0.4, 0.5) is 18.9 Å². The fourth-order valence-corrected chi connectivity index (χ4v) is 2.05. The molecule has 1 rings (SSSR count). The molecule has 0 bridgehead atoms. The summed E-state index contributed by atoms with van der Waals surface area (Å²) in [4.78, 5) is 0. The monoisotopic (exact) mass is 324 g/mol. The van der Waals surface area contributed by atoms with Crippen LogP contribution in [0.3, 0.4) is 0 Å². The first-order chi connectivity index (χ1) is 9.45. The van der Waals surface area contributed by atoms with Gasteiger partial charge in [-0.25, -0.2) is 0 Å². The second-order valence-corrected chi connectivity index (χ2v) is 6.38. The maximum Gasteiger partial charge on any atom is 0.418 e. The van der Waals surface area contributed by atoms with Gasteiger partial charge in [-0.1, -0.05) is 11.6 Å². The molecule has 0 saturated heterocycles. The molecule has 0 heterocycles. The van der Waals surface area contributed by atoms with Crippen LogP contribution in [-0.4, -0.2) is 23.8 Å². The number of aliphatic hydroxyl groups is 1. The molecular formula is C14H20ClF3N2O. The smallest absolute Gasteiger partial charge is 0.397 e. The first-order valence-corrected chi connectivity index (χ1v) is 6.85. The Labute approximate surface area is 127 Å². The highest BCUT2D eigenvalue weighted by Gasteiger charge is 2.34. The van der Waals surface area contributed by atoms with Crippen molar-refractivity contribution in [3.05, 3.63) is 28.3 Å². The predicted octanol–water partition coefficient (Wildman–Crippen LogP) is 3.41. The predicted molar refractivity (Wildman–Crippen MR) is 78.4 cm³/mol. The molecule has 0 radical (unpaired) electrons. The Morgan fingerprint density at radius 1 is 1.29 bits per heavy atom. The van der Waals surface area contributed by atoms with Crippen LogP contribution in [0.25, 0.3) is 0 Å². The number of nitrogen functional groups attached to an aromatic ring is 1. The Balaban J connectivity index is 3.14. The van der Waals surface area contributed by atoms with Gasteiger partial charge in [-0.2, -0.15) is 13.2 Å². The lowest BCUT2D eigenvalue weighted by atomic mass is 9.95. The van der Waals surface area contributed by atoms with Gasteiger partial charge in [0.2, 0.25) is 0 Å². The molecule has 0 aliphatic carbocycles. The Hall–Kier alpha value is -0.980. The van der Waals surface area contributed by atoms with E-state index in [4.69, 9.17) is 17.3 Å². The van der Waals surface area contributed by atoms with Crippen molar-refractivity contribution in [2.75, 3.05) is 18.9 Å². The summed E-state index contributed by atoms with van der Waals surface area (Å²) >= 11 is 5.79. The van der Waals surface area contributed by atoms with E-state index in [9.17, 15) is 18.3 Å². The zero-order valence-electron chi connectivity index (χ0n) is 12.2. The Kier molecular flexibility index (Phi) is 5.52. The van der Waals surface area contributed by atoms with Crippen molar-refractivity contribution in [1.29, 1.82) is 0 Å². The number of halogens is 4. The summed E-state index contributed by atoms with van der Waals surface area (Å²) in [6, 6.07) is 2.32. The summed E-state index contributed by atoms with van der Waals surface area (Å²) in [6.45, 7) is 5.83. The van der Waals surface area contributed by atoms with Gasteiger partial charge in [0, 0.05) is 18.0 Å². The molecule has 0 saturated carbocycles. The van der Waals surface area contributed by atoms with Gasteiger partial charge in [-0.05, 0) is 38.5 Å². The quantitative estimate of drug-likeness (QED) is 0.744. The number of nitrogens with two attached hydrogens (primary N) is 1. The molecule has 0 aliphatic rings. The van der Waals surface area contributed by atoms with Gasteiger partial charge in [0.15, 0.2) is 0 Å². The SMILES string of the molecule is CC(C)(C)NCC(CO)c1cc(Cl)c(N)c(C(F)(F)F)c1. The van der Waals surface area contributed by atoms with Crippen LogP contribution in [0.2, 0.25) is 5.02 Å². The van der Waals surface area contributed by atoms with E-state index in [0.29, 0.717) is 12.1 Å². The number of hydrogen-bond donors (Lipinski definition) is 3. The minimum atomic E-state index is -4.58. The number of alkyl halides is 3. The number of benzene rings is 1. The lowest BCUT2D eigenvalue weighted by Gasteiger charge is -2.25. The maximum absolute atomic E-state index is 12.9. The number of nitrogens with one attached hydrogen (secondary N) is 1. The third kappa shape index (κ3) is 5.05. The highest BCUT2D eigenvalue weighted by molar-refractivity contribution is 6.33. The molecule has 4 N–H and O–H groups in total. The van der Waals surface area contributed by atoms with E-state index in [-0.39, 0.29) is 17.2 Å². The average Bonchev–Trinajstić information content (AvgIpc) is 2.31. The third-order valence-electron chi connectivity index (χ3n) is 3.03.